The van der Waals surface area contributed by atoms with Gasteiger partial charge < -0.3 is 25.7 Å². The summed E-state index contributed by atoms with van der Waals surface area (Å²) < 4.78 is 5.72. The lowest BCUT2D eigenvalue weighted by Crippen LogP contribution is -2.17. The van der Waals surface area contributed by atoms with Gasteiger partial charge in [-0.1, -0.05) is 0 Å². The van der Waals surface area contributed by atoms with E-state index in [1.807, 2.05) is 6.92 Å². The van der Waals surface area contributed by atoms with E-state index >= 15 is 0 Å². The van der Waals surface area contributed by atoms with E-state index in [9.17, 15) is 9.59 Å². The van der Waals surface area contributed by atoms with Crippen molar-refractivity contribution >= 4 is 22.8 Å². The lowest BCUT2D eigenvalue weighted by Gasteiger charge is -2.18. The van der Waals surface area contributed by atoms with Crippen LogP contribution in [-0.2, 0) is 22.4 Å². The highest BCUT2D eigenvalue weighted by Gasteiger charge is 2.17. The molecular formula is C18H22N2O5. The summed E-state index contributed by atoms with van der Waals surface area (Å²) in [5.74, 6) is -1.46. The van der Waals surface area contributed by atoms with E-state index in [4.69, 9.17) is 20.7 Å². The van der Waals surface area contributed by atoms with Gasteiger partial charge in [0.15, 0.2) is 0 Å². The third-order valence-corrected chi connectivity index (χ3v) is 3.73. The smallest absolute Gasteiger partial charge is 0.328 e. The Morgan fingerprint density at radius 2 is 2.00 bits per heavy atom. The molecule has 2 aromatic rings. The Bertz CT molecular complexity index is 776. The highest BCUT2D eigenvalue weighted by atomic mass is 16.5. The van der Waals surface area contributed by atoms with E-state index < -0.39 is 11.9 Å². The summed E-state index contributed by atoms with van der Waals surface area (Å²) in [5.41, 5.74) is 9.77. The number of carbonyl (C=O) groups is 2. The van der Waals surface area contributed by atoms with Gasteiger partial charge >= 0.3 is 11.9 Å². The average molecular weight is 346 g/mol. The van der Waals surface area contributed by atoms with Gasteiger partial charge in [-0.25, -0.2) is 9.59 Å². The molecule has 1 atom stereocenters. The Hall–Kier alpha value is -2.80. The zero-order valence-electron chi connectivity index (χ0n) is 14.0. The number of aromatic nitrogens is 1. The molecule has 0 radical (unpaired) electrons. The van der Waals surface area contributed by atoms with Crippen LogP contribution in [0, 0.1) is 0 Å². The predicted octanol–water partition coefficient (Wildman–Crippen LogP) is 2.09. The Kier molecular flexibility index (Phi) is 6.19. The number of hydrogen-bond acceptors (Lipinski definition) is 4. The first-order valence-electron chi connectivity index (χ1n) is 8.02. The molecule has 134 valence electrons. The minimum atomic E-state index is -1.26. The number of aliphatic carboxylic acids is 2. The van der Waals surface area contributed by atoms with Crippen molar-refractivity contribution in [2.24, 2.45) is 5.73 Å². The number of benzene rings is 1. The number of aryl methyl sites for hydroxylation is 1. The molecule has 0 fully saturated rings. The van der Waals surface area contributed by atoms with Crippen molar-refractivity contribution in [1.82, 2.24) is 4.98 Å². The summed E-state index contributed by atoms with van der Waals surface area (Å²) in [6.07, 6.45) is 6.33. The average Bonchev–Trinajstić information content (AvgIpc) is 2.96. The fraction of sp³-hybridized carbons (Fsp3) is 0.333. The molecule has 0 aliphatic carbocycles. The summed E-state index contributed by atoms with van der Waals surface area (Å²) in [6, 6.07) is 4.36. The van der Waals surface area contributed by atoms with Gasteiger partial charge in [-0.05, 0) is 43.9 Å². The van der Waals surface area contributed by atoms with E-state index in [2.05, 4.69) is 23.3 Å². The van der Waals surface area contributed by atoms with Gasteiger partial charge in [-0.3, -0.25) is 0 Å². The number of aromatic amines is 1. The van der Waals surface area contributed by atoms with E-state index in [-0.39, 0.29) is 6.04 Å². The molecule has 2 heterocycles. The molecule has 0 amide bonds. The topological polar surface area (TPSA) is 126 Å². The van der Waals surface area contributed by atoms with E-state index in [0.29, 0.717) is 12.2 Å². The molecule has 0 spiro atoms. The zero-order chi connectivity index (χ0) is 18.4. The van der Waals surface area contributed by atoms with Gasteiger partial charge in [-0.2, -0.15) is 0 Å². The third kappa shape index (κ3) is 5.09. The van der Waals surface area contributed by atoms with Crippen LogP contribution in [0.15, 0.2) is 30.5 Å². The van der Waals surface area contributed by atoms with Gasteiger partial charge in [0.25, 0.3) is 0 Å². The van der Waals surface area contributed by atoms with Gasteiger partial charge in [0, 0.05) is 40.9 Å². The summed E-state index contributed by atoms with van der Waals surface area (Å²) in [4.78, 5) is 22.4. The van der Waals surface area contributed by atoms with Gasteiger partial charge in [0.2, 0.25) is 0 Å². The predicted molar refractivity (Wildman–Crippen MR) is 93.9 cm³/mol. The first kappa shape index (κ1) is 18.5. The minimum Gasteiger partial charge on any atom is -0.493 e. The Balaban J connectivity index is 0.000000242. The highest BCUT2D eigenvalue weighted by molar-refractivity contribution is 5.90. The molecule has 0 bridgehead atoms. The summed E-state index contributed by atoms with van der Waals surface area (Å²) in [7, 11) is 0. The second-order valence-electron chi connectivity index (χ2n) is 5.92. The molecule has 0 saturated heterocycles. The van der Waals surface area contributed by atoms with Gasteiger partial charge in [-0.15, -0.1) is 0 Å². The van der Waals surface area contributed by atoms with Crippen LogP contribution in [-0.4, -0.2) is 39.8 Å². The molecule has 7 heteroatoms. The number of carboxylic acid groups (broad SMARTS) is 2. The molecule has 1 aromatic carbocycles. The number of hydrogen-bond donors (Lipinski definition) is 4. The normalized spacial score (nSPS) is 14.3. The fourth-order valence-electron chi connectivity index (χ4n) is 2.82. The Morgan fingerprint density at radius 1 is 1.32 bits per heavy atom. The zero-order valence-corrected chi connectivity index (χ0v) is 14.0. The number of ether oxygens (including phenoxy) is 1. The molecule has 7 nitrogen and oxygen atoms in total. The molecule has 25 heavy (non-hydrogen) atoms. The second-order valence-corrected chi connectivity index (χ2v) is 5.92. The number of H-pyrrole nitrogens is 1. The molecule has 5 N–H and O–H groups in total. The van der Waals surface area contributed by atoms with Crippen molar-refractivity contribution in [3.05, 3.63) is 41.6 Å². The van der Waals surface area contributed by atoms with Crippen LogP contribution in [0.2, 0.25) is 0 Å². The molecule has 1 aliphatic heterocycles. The number of carboxylic acids is 2. The minimum absolute atomic E-state index is 0.189. The number of nitrogens with one attached hydrogen (secondary N) is 1. The van der Waals surface area contributed by atoms with Crippen molar-refractivity contribution in [1.29, 1.82) is 0 Å². The van der Waals surface area contributed by atoms with Crippen LogP contribution in [0.5, 0.6) is 5.75 Å². The largest absolute Gasteiger partial charge is 0.493 e. The van der Waals surface area contributed by atoms with Crippen molar-refractivity contribution in [2.75, 3.05) is 6.61 Å². The molecule has 1 aliphatic rings. The molecule has 1 aromatic heterocycles. The van der Waals surface area contributed by atoms with E-state index in [1.54, 1.807) is 0 Å². The van der Waals surface area contributed by atoms with Crippen LogP contribution in [0.3, 0.4) is 0 Å². The lowest BCUT2D eigenvalue weighted by atomic mass is 9.97. The Labute approximate surface area is 145 Å². The molecule has 1 unspecified atom stereocenters. The molecule has 0 saturated carbocycles. The first-order chi connectivity index (χ1) is 11.9. The van der Waals surface area contributed by atoms with Crippen LogP contribution in [0.25, 0.3) is 10.9 Å². The SMILES string of the molecule is CC(N)Cc1c[nH]c2ccc3c(c12)CCCO3.O=C(O)/C=C\C(=O)O. The van der Waals surface area contributed by atoms with E-state index in [1.165, 1.54) is 22.0 Å². The molecule has 3 rings (SSSR count). The van der Waals surface area contributed by atoms with Crippen LogP contribution in [0.1, 0.15) is 24.5 Å². The number of fused-ring (bicyclic) bond motifs is 3. The van der Waals surface area contributed by atoms with Gasteiger partial charge in [0.1, 0.15) is 5.75 Å². The standard InChI is InChI=1S/C14H18N2O.C4H4O4/c1-9(15)7-10-8-16-12-4-5-13-11(14(10)12)3-2-6-17-13;5-3(6)1-2-4(7)8/h4-5,8-9,16H,2-3,6-7,15H2,1H3;1-2H,(H,5,6)(H,7,8)/b;2-1-. The van der Waals surface area contributed by atoms with Gasteiger partial charge in [0.05, 0.1) is 6.61 Å². The van der Waals surface area contributed by atoms with Crippen LogP contribution in [0.4, 0.5) is 0 Å². The first-order valence-corrected chi connectivity index (χ1v) is 8.02. The third-order valence-electron chi connectivity index (χ3n) is 3.73. The molecular weight excluding hydrogens is 324 g/mol. The summed E-state index contributed by atoms with van der Waals surface area (Å²) in [6.45, 7) is 2.89. The van der Waals surface area contributed by atoms with Crippen molar-refractivity contribution < 1.29 is 24.5 Å². The maximum atomic E-state index is 9.55. The maximum absolute atomic E-state index is 9.55. The lowest BCUT2D eigenvalue weighted by molar-refractivity contribution is -0.134. The monoisotopic (exact) mass is 346 g/mol. The highest BCUT2D eigenvalue weighted by Crippen LogP contribution is 2.34. The fourth-order valence-corrected chi connectivity index (χ4v) is 2.82. The number of nitrogens with two attached hydrogens (primary N) is 1. The Morgan fingerprint density at radius 3 is 2.60 bits per heavy atom. The van der Waals surface area contributed by atoms with Crippen LogP contribution < -0.4 is 10.5 Å². The number of rotatable bonds is 4. The van der Waals surface area contributed by atoms with Crippen molar-refractivity contribution in [3.8, 4) is 5.75 Å². The quantitative estimate of drug-likeness (QED) is 0.628. The van der Waals surface area contributed by atoms with Crippen molar-refractivity contribution in [3.63, 3.8) is 0 Å². The summed E-state index contributed by atoms with van der Waals surface area (Å²) in [5, 5.41) is 17.0. The summed E-state index contributed by atoms with van der Waals surface area (Å²) >= 11 is 0. The maximum Gasteiger partial charge on any atom is 0.328 e. The van der Waals surface area contributed by atoms with Crippen molar-refractivity contribution in [2.45, 2.75) is 32.2 Å². The van der Waals surface area contributed by atoms with Crippen LogP contribution >= 0.6 is 0 Å². The second kappa shape index (κ2) is 8.34. The van der Waals surface area contributed by atoms with E-state index in [0.717, 1.165) is 31.6 Å².